The number of H-pyrrole nitrogens is 1. The maximum Gasteiger partial charge on any atom is 0.322 e. The molecule has 0 aliphatic heterocycles. The molecule has 1 aromatic heterocycles. The van der Waals surface area contributed by atoms with E-state index in [0.29, 0.717) is 0 Å². The van der Waals surface area contributed by atoms with E-state index in [4.69, 9.17) is 16.6 Å². The standard InChI is InChI=1S/C20H26N6O6/c21-13(7-11-8-23-14-4-2-1-3-12(11)14)19(31)24-9-17(28)26-15(5-6-16(22)27)20(32)25-10-18(29)30/h1-4,8,13,15,23H,5-7,9-10,21H2,(H2,22,27)(H,24,31)(H,25,32)(H,26,28)(H,29,30). The number of aromatic nitrogens is 1. The third-order valence-corrected chi connectivity index (χ3v) is 4.62. The Hall–Kier alpha value is -3.93. The van der Waals surface area contributed by atoms with Crippen LogP contribution in [-0.2, 0) is 30.4 Å². The molecule has 0 radical (unpaired) electrons. The molecule has 4 amide bonds. The van der Waals surface area contributed by atoms with Gasteiger partial charge in [0.25, 0.3) is 0 Å². The number of fused-ring (bicyclic) bond motifs is 1. The predicted octanol–water partition coefficient (Wildman–Crippen LogP) is -1.89. The molecule has 0 bridgehead atoms. The number of amides is 4. The summed E-state index contributed by atoms with van der Waals surface area (Å²) in [5, 5.41) is 16.5. The van der Waals surface area contributed by atoms with Gasteiger partial charge in [0.1, 0.15) is 12.6 Å². The van der Waals surface area contributed by atoms with E-state index in [1.807, 2.05) is 24.3 Å². The van der Waals surface area contributed by atoms with Crippen molar-refractivity contribution >= 4 is 40.5 Å². The molecule has 0 aliphatic carbocycles. The molecule has 172 valence electrons. The molecule has 0 fully saturated rings. The number of nitrogens with two attached hydrogens (primary N) is 2. The highest BCUT2D eigenvalue weighted by atomic mass is 16.4. The van der Waals surface area contributed by atoms with Crippen molar-refractivity contribution in [1.29, 1.82) is 0 Å². The normalized spacial score (nSPS) is 12.5. The molecule has 32 heavy (non-hydrogen) atoms. The molecular formula is C20H26N6O6. The summed E-state index contributed by atoms with van der Waals surface area (Å²) in [7, 11) is 0. The summed E-state index contributed by atoms with van der Waals surface area (Å²) in [4.78, 5) is 61.2. The second-order valence-electron chi connectivity index (χ2n) is 7.12. The summed E-state index contributed by atoms with van der Waals surface area (Å²) in [6, 6.07) is 5.46. The fourth-order valence-corrected chi connectivity index (χ4v) is 3.02. The SMILES string of the molecule is NC(=O)CCC(NC(=O)CNC(=O)C(N)Cc1c[nH]c2ccccc12)C(=O)NCC(=O)O. The zero-order chi connectivity index (χ0) is 23.7. The number of carboxylic acids is 1. The summed E-state index contributed by atoms with van der Waals surface area (Å²) in [5.41, 5.74) is 12.8. The Morgan fingerprint density at radius 3 is 2.41 bits per heavy atom. The van der Waals surface area contributed by atoms with Crippen LogP contribution in [0.3, 0.4) is 0 Å². The first-order valence-corrected chi connectivity index (χ1v) is 9.82. The van der Waals surface area contributed by atoms with Gasteiger partial charge >= 0.3 is 5.97 Å². The monoisotopic (exact) mass is 446 g/mol. The van der Waals surface area contributed by atoms with E-state index in [1.54, 1.807) is 6.20 Å². The number of rotatable bonds is 12. The van der Waals surface area contributed by atoms with Gasteiger partial charge in [-0.25, -0.2) is 0 Å². The smallest absolute Gasteiger partial charge is 0.322 e. The van der Waals surface area contributed by atoms with Crippen LogP contribution in [0.25, 0.3) is 10.9 Å². The molecule has 2 aromatic rings. The van der Waals surface area contributed by atoms with Gasteiger partial charge in [-0.15, -0.1) is 0 Å². The summed E-state index contributed by atoms with van der Waals surface area (Å²) < 4.78 is 0. The van der Waals surface area contributed by atoms with Crippen LogP contribution in [0.5, 0.6) is 0 Å². The molecule has 2 atom stereocenters. The van der Waals surface area contributed by atoms with Gasteiger partial charge in [0, 0.05) is 23.5 Å². The molecule has 2 unspecified atom stereocenters. The Balaban J connectivity index is 1.87. The van der Waals surface area contributed by atoms with Gasteiger partial charge in [0.2, 0.25) is 23.6 Å². The van der Waals surface area contributed by atoms with Crippen molar-refractivity contribution in [1.82, 2.24) is 20.9 Å². The van der Waals surface area contributed by atoms with E-state index in [-0.39, 0.29) is 19.3 Å². The average molecular weight is 446 g/mol. The number of hydrogen-bond acceptors (Lipinski definition) is 6. The van der Waals surface area contributed by atoms with Crippen LogP contribution in [0.4, 0.5) is 0 Å². The number of carbonyl (C=O) groups is 5. The number of para-hydroxylation sites is 1. The summed E-state index contributed by atoms with van der Waals surface area (Å²) >= 11 is 0. The van der Waals surface area contributed by atoms with Gasteiger partial charge < -0.3 is 37.5 Å². The third kappa shape index (κ3) is 7.40. The molecule has 0 saturated heterocycles. The van der Waals surface area contributed by atoms with Crippen molar-refractivity contribution in [2.45, 2.75) is 31.3 Å². The lowest BCUT2D eigenvalue weighted by Gasteiger charge is -2.18. The molecule has 0 aliphatic rings. The molecule has 9 N–H and O–H groups in total. The number of carboxylic acid groups (broad SMARTS) is 1. The molecule has 0 spiro atoms. The molecular weight excluding hydrogens is 420 g/mol. The Bertz CT molecular complexity index is 1000. The quantitative estimate of drug-likeness (QED) is 0.197. The van der Waals surface area contributed by atoms with Crippen molar-refractivity contribution in [3.63, 3.8) is 0 Å². The number of aliphatic carboxylic acids is 1. The number of nitrogens with one attached hydrogen (secondary N) is 4. The van der Waals surface area contributed by atoms with Crippen LogP contribution in [-0.4, -0.2) is 64.9 Å². The zero-order valence-corrected chi connectivity index (χ0v) is 17.2. The highest BCUT2D eigenvalue weighted by molar-refractivity contribution is 5.92. The number of primary amides is 1. The molecule has 1 aromatic carbocycles. The highest BCUT2D eigenvalue weighted by Crippen LogP contribution is 2.18. The minimum atomic E-state index is -1.27. The van der Waals surface area contributed by atoms with E-state index in [2.05, 4.69) is 20.9 Å². The first-order valence-electron chi connectivity index (χ1n) is 9.82. The maximum absolute atomic E-state index is 12.3. The first-order chi connectivity index (χ1) is 15.2. The van der Waals surface area contributed by atoms with Crippen LogP contribution >= 0.6 is 0 Å². The number of hydrogen-bond donors (Lipinski definition) is 7. The summed E-state index contributed by atoms with van der Waals surface area (Å²) in [6.07, 6.45) is 1.69. The number of aromatic amines is 1. The van der Waals surface area contributed by atoms with E-state index >= 15 is 0 Å². The van der Waals surface area contributed by atoms with Crippen LogP contribution in [0.15, 0.2) is 30.5 Å². The van der Waals surface area contributed by atoms with Gasteiger partial charge in [-0.2, -0.15) is 0 Å². The number of benzene rings is 1. The molecule has 2 rings (SSSR count). The van der Waals surface area contributed by atoms with Crippen molar-refractivity contribution in [2.75, 3.05) is 13.1 Å². The molecule has 12 nitrogen and oxygen atoms in total. The molecule has 12 heteroatoms. The van der Waals surface area contributed by atoms with Gasteiger partial charge in [-0.05, 0) is 24.5 Å². The van der Waals surface area contributed by atoms with E-state index < -0.39 is 54.8 Å². The minimum Gasteiger partial charge on any atom is -0.480 e. The lowest BCUT2D eigenvalue weighted by molar-refractivity contribution is -0.138. The minimum absolute atomic E-state index is 0.124. The van der Waals surface area contributed by atoms with E-state index in [1.165, 1.54) is 0 Å². The lowest BCUT2D eigenvalue weighted by atomic mass is 10.1. The maximum atomic E-state index is 12.3. The lowest BCUT2D eigenvalue weighted by Crippen LogP contribution is -2.52. The van der Waals surface area contributed by atoms with Gasteiger partial charge in [-0.3, -0.25) is 24.0 Å². The summed E-state index contributed by atoms with van der Waals surface area (Å²) in [5.74, 6) is -4.02. The van der Waals surface area contributed by atoms with Crippen molar-refractivity contribution < 1.29 is 29.1 Å². The first kappa shape index (κ1) is 24.3. The van der Waals surface area contributed by atoms with Crippen LogP contribution in [0.1, 0.15) is 18.4 Å². The fourth-order valence-electron chi connectivity index (χ4n) is 3.02. The molecule has 0 saturated carbocycles. The van der Waals surface area contributed by atoms with Crippen molar-refractivity contribution in [3.05, 3.63) is 36.0 Å². The highest BCUT2D eigenvalue weighted by Gasteiger charge is 2.23. The average Bonchev–Trinajstić information content (AvgIpc) is 3.15. The Morgan fingerprint density at radius 1 is 1.03 bits per heavy atom. The second-order valence-corrected chi connectivity index (χ2v) is 7.12. The zero-order valence-electron chi connectivity index (χ0n) is 17.2. The van der Waals surface area contributed by atoms with Crippen LogP contribution in [0, 0.1) is 0 Å². The van der Waals surface area contributed by atoms with E-state index in [0.717, 1.165) is 16.5 Å². The Kier molecular flexibility index (Phi) is 8.72. The van der Waals surface area contributed by atoms with Gasteiger partial charge in [0.15, 0.2) is 0 Å². The van der Waals surface area contributed by atoms with E-state index in [9.17, 15) is 24.0 Å². The molecule has 1 heterocycles. The van der Waals surface area contributed by atoms with Gasteiger partial charge in [0.05, 0.1) is 12.6 Å². The fraction of sp³-hybridized carbons (Fsp3) is 0.350. The summed E-state index contributed by atoms with van der Waals surface area (Å²) in [6.45, 7) is -1.11. The topological polar surface area (TPSA) is 209 Å². The van der Waals surface area contributed by atoms with Crippen molar-refractivity contribution in [2.24, 2.45) is 11.5 Å². The predicted molar refractivity (Wildman–Crippen MR) is 114 cm³/mol. The second kappa shape index (κ2) is 11.5. The van der Waals surface area contributed by atoms with Crippen LogP contribution < -0.4 is 27.4 Å². The third-order valence-electron chi connectivity index (χ3n) is 4.62. The van der Waals surface area contributed by atoms with Crippen LogP contribution in [0.2, 0.25) is 0 Å². The Morgan fingerprint density at radius 2 is 1.72 bits per heavy atom. The largest absolute Gasteiger partial charge is 0.480 e. The van der Waals surface area contributed by atoms with Crippen molar-refractivity contribution in [3.8, 4) is 0 Å². The van der Waals surface area contributed by atoms with Gasteiger partial charge in [-0.1, -0.05) is 18.2 Å². The number of carbonyl (C=O) groups excluding carboxylic acids is 4. The Labute approximate surface area is 183 Å².